The fourth-order valence-corrected chi connectivity index (χ4v) is 5.21. The number of aromatic nitrogens is 2. The first kappa shape index (κ1) is 19.6. The molecule has 2 heterocycles. The molecule has 3 atom stereocenters. The summed E-state index contributed by atoms with van der Waals surface area (Å²) in [6, 6.07) is -1.61. The minimum absolute atomic E-state index is 0.101. The summed E-state index contributed by atoms with van der Waals surface area (Å²) < 4.78 is 55.8. The van der Waals surface area contributed by atoms with Crippen LogP contribution >= 0.6 is 11.6 Å². The van der Waals surface area contributed by atoms with Crippen LogP contribution in [0.25, 0.3) is 0 Å². The molecule has 1 aromatic heterocycles. The van der Waals surface area contributed by atoms with E-state index in [1.54, 1.807) is 0 Å². The predicted octanol–water partition coefficient (Wildman–Crippen LogP) is 2.96. The highest BCUT2D eigenvalue weighted by molar-refractivity contribution is 6.26. The lowest BCUT2D eigenvalue weighted by Gasteiger charge is -2.67. The van der Waals surface area contributed by atoms with Gasteiger partial charge in [0.25, 0.3) is 0 Å². The minimum Gasteiger partial charge on any atom is -0.356 e. The van der Waals surface area contributed by atoms with Gasteiger partial charge in [0.1, 0.15) is 18.5 Å². The number of carbonyl (C=O) groups excluding carboxylic acids is 1. The second-order valence-electron chi connectivity index (χ2n) is 8.05. The van der Waals surface area contributed by atoms with E-state index < -0.39 is 36.3 Å². The highest BCUT2D eigenvalue weighted by Crippen LogP contribution is 2.71. The number of alkyl halides is 4. The first-order chi connectivity index (χ1) is 12.9. The van der Waals surface area contributed by atoms with Crippen LogP contribution in [0.3, 0.4) is 0 Å². The molecule has 0 spiro atoms. The Hall–Kier alpha value is -1.68. The zero-order valence-electron chi connectivity index (χ0n) is 15.2. The van der Waals surface area contributed by atoms with Crippen LogP contribution in [0.2, 0.25) is 0 Å². The number of hydrogen-bond acceptors (Lipinski definition) is 5. The fraction of sp³-hybridized carbons (Fsp3) is 0.706. The summed E-state index contributed by atoms with van der Waals surface area (Å²) in [5, 5.41) is 2.72. The fourth-order valence-electron chi connectivity index (χ4n) is 4.44. The van der Waals surface area contributed by atoms with Crippen molar-refractivity contribution < 1.29 is 27.1 Å². The second-order valence-corrected chi connectivity index (χ2v) is 8.85. The lowest BCUT2D eigenvalue weighted by atomic mass is 9.42. The Morgan fingerprint density at radius 1 is 1.39 bits per heavy atom. The van der Waals surface area contributed by atoms with E-state index in [1.165, 1.54) is 25.1 Å². The van der Waals surface area contributed by atoms with Gasteiger partial charge in [0.05, 0.1) is 11.7 Å². The summed E-state index contributed by atoms with van der Waals surface area (Å²) in [5.74, 6) is -1.18. The number of carbonyl (C=O) groups is 1. The standard InChI is InChI=1S/C17H19ClF4N4O2/c1-8(14(27)26-3-10(9(26)2)28-17(20,21)22)25-13-11(19)12(23-7-24-13)15-4-16(18,5-15)6-15/h7-10H,3-6H2,1-2H3,(H,23,24,25)/t8-,9+,10+,15?,16?/m1/s1. The molecule has 11 heteroatoms. The van der Waals surface area contributed by atoms with Gasteiger partial charge in [0.15, 0.2) is 11.6 Å². The Labute approximate surface area is 163 Å². The topological polar surface area (TPSA) is 67.4 Å². The number of hydrogen-bond donors (Lipinski definition) is 1. The number of likely N-dealkylation sites (tertiary alicyclic amines) is 1. The summed E-state index contributed by atoms with van der Waals surface area (Å²) in [6.07, 6.45) is -2.63. The lowest BCUT2D eigenvalue weighted by molar-refractivity contribution is -0.359. The maximum Gasteiger partial charge on any atom is 0.522 e. The molecule has 3 saturated carbocycles. The van der Waals surface area contributed by atoms with Crippen molar-refractivity contribution in [3.05, 3.63) is 17.8 Å². The third-order valence-electron chi connectivity index (χ3n) is 5.96. The molecule has 0 aromatic carbocycles. The molecule has 4 aliphatic rings. The summed E-state index contributed by atoms with van der Waals surface area (Å²) in [6.45, 7) is 2.80. The second kappa shape index (κ2) is 6.16. The van der Waals surface area contributed by atoms with Gasteiger partial charge in [-0.2, -0.15) is 0 Å². The van der Waals surface area contributed by atoms with Crippen LogP contribution in [0.5, 0.6) is 0 Å². The van der Waals surface area contributed by atoms with Crippen LogP contribution in [-0.4, -0.2) is 56.7 Å². The molecule has 5 rings (SSSR count). The molecule has 1 N–H and O–H groups in total. The molecule has 0 radical (unpaired) electrons. The number of amides is 1. The SMILES string of the molecule is C[C@@H](Nc1ncnc(C23CC(Cl)(C2)C3)c1F)C(=O)N1C[C@H](OC(F)(F)F)[C@@H]1C. The average Bonchev–Trinajstić information content (AvgIpc) is 2.55. The summed E-state index contributed by atoms with van der Waals surface area (Å²) in [4.78, 5) is 21.5. The van der Waals surface area contributed by atoms with E-state index >= 15 is 0 Å². The molecular formula is C17H19ClF4N4O2. The molecule has 154 valence electrons. The van der Waals surface area contributed by atoms with Gasteiger partial charge in [-0.3, -0.25) is 9.53 Å². The average molecular weight is 423 g/mol. The van der Waals surface area contributed by atoms with Crippen molar-refractivity contribution in [1.29, 1.82) is 0 Å². The Bertz CT molecular complexity index is 801. The van der Waals surface area contributed by atoms with Crippen molar-refractivity contribution in [2.24, 2.45) is 0 Å². The van der Waals surface area contributed by atoms with Crippen molar-refractivity contribution in [3.63, 3.8) is 0 Å². The van der Waals surface area contributed by atoms with Crippen LogP contribution in [0, 0.1) is 5.82 Å². The number of rotatable bonds is 5. The Morgan fingerprint density at radius 3 is 2.57 bits per heavy atom. The number of halogens is 5. The molecule has 6 nitrogen and oxygen atoms in total. The quantitative estimate of drug-likeness (QED) is 0.583. The van der Waals surface area contributed by atoms with Crippen molar-refractivity contribution in [2.45, 2.75) is 67.9 Å². The summed E-state index contributed by atoms with van der Waals surface area (Å²) in [5.41, 5.74) is -0.0600. The number of anilines is 1. The first-order valence-electron chi connectivity index (χ1n) is 8.95. The Morgan fingerprint density at radius 2 is 2.04 bits per heavy atom. The molecular weight excluding hydrogens is 404 g/mol. The summed E-state index contributed by atoms with van der Waals surface area (Å²) in [7, 11) is 0. The molecule has 1 amide bonds. The minimum atomic E-state index is -4.75. The van der Waals surface area contributed by atoms with E-state index in [9.17, 15) is 22.4 Å². The van der Waals surface area contributed by atoms with Gasteiger partial charge < -0.3 is 10.2 Å². The number of nitrogens with zero attached hydrogens (tertiary/aromatic N) is 3. The van der Waals surface area contributed by atoms with E-state index in [1.807, 2.05) is 0 Å². The van der Waals surface area contributed by atoms with Gasteiger partial charge in [0.2, 0.25) is 5.91 Å². The summed E-state index contributed by atoms with van der Waals surface area (Å²) >= 11 is 6.24. The van der Waals surface area contributed by atoms with Crippen molar-refractivity contribution >= 4 is 23.3 Å². The van der Waals surface area contributed by atoms with Gasteiger partial charge in [-0.05, 0) is 33.1 Å². The number of ether oxygens (including phenoxy) is 1. The molecule has 1 aromatic rings. The smallest absolute Gasteiger partial charge is 0.356 e. The van der Waals surface area contributed by atoms with Crippen LogP contribution in [-0.2, 0) is 14.9 Å². The number of nitrogens with one attached hydrogen (secondary N) is 1. The van der Waals surface area contributed by atoms with Crippen LogP contribution in [0.15, 0.2) is 6.33 Å². The molecule has 1 aliphatic heterocycles. The monoisotopic (exact) mass is 422 g/mol. The molecule has 28 heavy (non-hydrogen) atoms. The third-order valence-corrected chi connectivity index (χ3v) is 6.36. The highest BCUT2D eigenvalue weighted by Gasteiger charge is 2.69. The molecule has 4 fully saturated rings. The van der Waals surface area contributed by atoms with Gasteiger partial charge in [-0.1, -0.05) is 0 Å². The van der Waals surface area contributed by atoms with E-state index in [4.69, 9.17) is 11.6 Å². The van der Waals surface area contributed by atoms with Gasteiger partial charge >= 0.3 is 6.36 Å². The van der Waals surface area contributed by atoms with E-state index in [-0.39, 0.29) is 22.7 Å². The van der Waals surface area contributed by atoms with Gasteiger partial charge in [-0.25, -0.2) is 14.4 Å². The molecule has 1 saturated heterocycles. The Kier molecular flexibility index (Phi) is 4.32. The van der Waals surface area contributed by atoms with Gasteiger partial charge in [-0.15, -0.1) is 24.8 Å². The largest absolute Gasteiger partial charge is 0.522 e. The molecule has 3 aliphatic carbocycles. The van der Waals surface area contributed by atoms with E-state index in [2.05, 4.69) is 20.0 Å². The zero-order valence-corrected chi connectivity index (χ0v) is 15.9. The lowest BCUT2D eigenvalue weighted by Crippen LogP contribution is -2.67. The normalized spacial score (nSPS) is 34.8. The van der Waals surface area contributed by atoms with Crippen molar-refractivity contribution in [2.75, 3.05) is 11.9 Å². The molecule has 0 unspecified atom stereocenters. The van der Waals surface area contributed by atoms with Crippen LogP contribution in [0.1, 0.15) is 38.8 Å². The van der Waals surface area contributed by atoms with Crippen LogP contribution < -0.4 is 5.32 Å². The maximum absolute atomic E-state index is 14.9. The van der Waals surface area contributed by atoms with Crippen molar-refractivity contribution in [3.8, 4) is 0 Å². The van der Waals surface area contributed by atoms with Crippen LogP contribution in [0.4, 0.5) is 23.4 Å². The first-order valence-corrected chi connectivity index (χ1v) is 9.32. The zero-order chi connectivity index (χ0) is 20.5. The highest BCUT2D eigenvalue weighted by atomic mass is 35.5. The Balaban J connectivity index is 1.39. The maximum atomic E-state index is 14.9. The molecule has 2 bridgehead atoms. The van der Waals surface area contributed by atoms with E-state index in [0.717, 1.165) is 0 Å². The van der Waals surface area contributed by atoms with Gasteiger partial charge in [0, 0.05) is 16.8 Å². The third kappa shape index (κ3) is 3.10. The predicted molar refractivity (Wildman–Crippen MR) is 91.3 cm³/mol. The van der Waals surface area contributed by atoms with E-state index in [0.29, 0.717) is 25.0 Å². The van der Waals surface area contributed by atoms with Crippen molar-refractivity contribution in [1.82, 2.24) is 14.9 Å².